The van der Waals surface area contributed by atoms with Crippen LogP contribution in [0.25, 0.3) is 23.0 Å². The second-order valence-electron chi connectivity index (χ2n) is 8.96. The highest BCUT2D eigenvalue weighted by molar-refractivity contribution is 8.26. The summed E-state index contributed by atoms with van der Waals surface area (Å²) in [6.07, 6.45) is 4.63. The number of halogens is 1. The number of rotatable bonds is 8. The number of carbonyl (C=O) groups excluding carboxylic acids is 1. The molecule has 5 nitrogen and oxygen atoms in total. The van der Waals surface area contributed by atoms with E-state index in [1.54, 1.807) is 17.0 Å². The molecule has 0 bridgehead atoms. The smallest absolute Gasteiger partial charge is 0.266 e. The Balaban J connectivity index is 1.45. The van der Waals surface area contributed by atoms with E-state index in [9.17, 15) is 9.18 Å². The molecule has 1 saturated heterocycles. The van der Waals surface area contributed by atoms with Gasteiger partial charge in [-0.1, -0.05) is 61.2 Å². The standard InChI is InChI=1S/C30H26FN3O2S2/c1-3-20(2)34-29(35)27(38-30(34)37)17-23-18-33(25-7-5-4-6-8-25)32-28(23)22-11-15-26(16-12-22)36-19-21-9-13-24(31)14-10-21/h4-18,20H,3,19H2,1-2H3. The maximum absolute atomic E-state index is 13.2. The fourth-order valence-electron chi connectivity index (χ4n) is 4.07. The van der Waals surface area contributed by atoms with Crippen molar-refractivity contribution >= 4 is 40.3 Å². The van der Waals surface area contributed by atoms with Crippen LogP contribution < -0.4 is 4.74 Å². The van der Waals surface area contributed by atoms with Gasteiger partial charge in [0.25, 0.3) is 5.91 Å². The topological polar surface area (TPSA) is 47.4 Å². The zero-order valence-electron chi connectivity index (χ0n) is 21.0. The Kier molecular flexibility index (Phi) is 7.72. The van der Waals surface area contributed by atoms with Crippen LogP contribution in [-0.4, -0.2) is 30.9 Å². The fourth-order valence-corrected chi connectivity index (χ4v) is 5.52. The monoisotopic (exact) mass is 543 g/mol. The molecule has 38 heavy (non-hydrogen) atoms. The van der Waals surface area contributed by atoms with Gasteiger partial charge in [-0.25, -0.2) is 9.07 Å². The van der Waals surface area contributed by atoms with Gasteiger partial charge in [-0.3, -0.25) is 9.69 Å². The summed E-state index contributed by atoms with van der Waals surface area (Å²) >= 11 is 6.84. The lowest BCUT2D eigenvalue weighted by Gasteiger charge is -2.21. The molecule has 0 radical (unpaired) electrons. The Morgan fingerprint density at radius 3 is 2.45 bits per heavy atom. The Labute approximate surface area is 230 Å². The summed E-state index contributed by atoms with van der Waals surface area (Å²) in [6.45, 7) is 4.39. The average molecular weight is 544 g/mol. The summed E-state index contributed by atoms with van der Waals surface area (Å²) in [5.74, 6) is 0.347. The Hall–Kier alpha value is -3.75. The summed E-state index contributed by atoms with van der Waals surface area (Å²) in [5.41, 5.74) is 4.25. The molecule has 8 heteroatoms. The molecule has 0 N–H and O–H groups in total. The zero-order valence-corrected chi connectivity index (χ0v) is 22.6. The molecule has 0 spiro atoms. The number of benzene rings is 3. The highest BCUT2D eigenvalue weighted by Gasteiger charge is 2.35. The lowest BCUT2D eigenvalue weighted by molar-refractivity contribution is -0.123. The largest absolute Gasteiger partial charge is 0.489 e. The van der Waals surface area contributed by atoms with Crippen LogP contribution in [0.5, 0.6) is 5.75 Å². The number of para-hydroxylation sites is 1. The van der Waals surface area contributed by atoms with E-state index in [0.29, 0.717) is 21.6 Å². The van der Waals surface area contributed by atoms with Crippen LogP contribution in [-0.2, 0) is 11.4 Å². The summed E-state index contributed by atoms with van der Waals surface area (Å²) in [4.78, 5) is 15.5. The zero-order chi connectivity index (χ0) is 26.6. The highest BCUT2D eigenvalue weighted by atomic mass is 32.2. The number of thiocarbonyl (C=S) groups is 1. The minimum Gasteiger partial charge on any atom is -0.489 e. The number of aromatic nitrogens is 2. The lowest BCUT2D eigenvalue weighted by atomic mass is 10.1. The first-order valence-electron chi connectivity index (χ1n) is 12.3. The van der Waals surface area contributed by atoms with E-state index in [0.717, 1.165) is 34.5 Å². The normalized spacial score (nSPS) is 15.3. The van der Waals surface area contributed by atoms with Crippen molar-refractivity contribution in [2.45, 2.75) is 32.9 Å². The molecule has 1 unspecified atom stereocenters. The third kappa shape index (κ3) is 5.56. The molecule has 1 atom stereocenters. The number of hydrogen-bond acceptors (Lipinski definition) is 5. The predicted octanol–water partition coefficient (Wildman–Crippen LogP) is 7.26. The van der Waals surface area contributed by atoms with Crippen LogP contribution in [0.2, 0.25) is 0 Å². The number of ether oxygens (including phenoxy) is 1. The Bertz CT molecular complexity index is 1480. The van der Waals surface area contributed by atoms with Gasteiger partial charge in [0.15, 0.2) is 0 Å². The van der Waals surface area contributed by atoms with E-state index in [1.807, 2.05) is 85.4 Å². The summed E-state index contributed by atoms with van der Waals surface area (Å²) in [5, 5.41) is 4.87. The van der Waals surface area contributed by atoms with Crippen molar-refractivity contribution in [2.24, 2.45) is 0 Å². The van der Waals surface area contributed by atoms with E-state index < -0.39 is 0 Å². The van der Waals surface area contributed by atoms with Crippen molar-refractivity contribution in [3.05, 3.63) is 107 Å². The Morgan fingerprint density at radius 1 is 1.05 bits per heavy atom. The molecule has 0 aliphatic carbocycles. The highest BCUT2D eigenvalue weighted by Crippen LogP contribution is 2.36. The van der Waals surface area contributed by atoms with E-state index in [1.165, 1.54) is 23.9 Å². The molecule has 1 amide bonds. The minimum atomic E-state index is -0.272. The van der Waals surface area contributed by atoms with Crippen molar-refractivity contribution in [2.75, 3.05) is 0 Å². The molecule has 1 aliphatic heterocycles. The third-order valence-corrected chi connectivity index (χ3v) is 7.68. The SMILES string of the molecule is CCC(C)N1C(=O)C(=Cc2cn(-c3ccccc3)nc2-c2ccc(OCc3ccc(F)cc3)cc2)SC1=S. The van der Waals surface area contributed by atoms with Gasteiger partial charge in [0.05, 0.1) is 16.3 Å². The third-order valence-electron chi connectivity index (χ3n) is 6.35. The first-order chi connectivity index (χ1) is 18.4. The summed E-state index contributed by atoms with van der Waals surface area (Å²) in [7, 11) is 0. The van der Waals surface area contributed by atoms with Gasteiger partial charge in [-0.2, -0.15) is 5.10 Å². The van der Waals surface area contributed by atoms with Crippen LogP contribution in [0.15, 0.2) is 90.0 Å². The van der Waals surface area contributed by atoms with E-state index in [4.69, 9.17) is 22.1 Å². The van der Waals surface area contributed by atoms with Crippen molar-refractivity contribution in [3.8, 4) is 22.7 Å². The van der Waals surface area contributed by atoms with Gasteiger partial charge in [-0.05, 0) is 73.5 Å². The van der Waals surface area contributed by atoms with Crippen LogP contribution >= 0.6 is 24.0 Å². The minimum absolute atomic E-state index is 0.0439. The number of thioether (sulfide) groups is 1. The summed E-state index contributed by atoms with van der Waals surface area (Å²) < 4.78 is 21.4. The number of nitrogens with zero attached hydrogens (tertiary/aromatic N) is 3. The van der Waals surface area contributed by atoms with Gasteiger partial charge in [-0.15, -0.1) is 0 Å². The molecular weight excluding hydrogens is 517 g/mol. The lowest BCUT2D eigenvalue weighted by Crippen LogP contribution is -2.36. The molecule has 1 aliphatic rings. The molecule has 0 saturated carbocycles. The molecular formula is C30H26FN3O2S2. The first-order valence-corrected chi connectivity index (χ1v) is 13.5. The maximum Gasteiger partial charge on any atom is 0.266 e. The van der Waals surface area contributed by atoms with E-state index >= 15 is 0 Å². The van der Waals surface area contributed by atoms with Crippen LogP contribution in [0, 0.1) is 5.82 Å². The number of hydrogen-bond donors (Lipinski definition) is 0. The molecule has 1 aromatic heterocycles. The second-order valence-corrected chi connectivity index (χ2v) is 10.6. The van der Waals surface area contributed by atoms with Gasteiger partial charge in [0.2, 0.25) is 0 Å². The van der Waals surface area contributed by atoms with Crippen LogP contribution in [0.4, 0.5) is 4.39 Å². The number of amides is 1. The van der Waals surface area contributed by atoms with Crippen molar-refractivity contribution in [3.63, 3.8) is 0 Å². The molecule has 4 aromatic rings. The second kappa shape index (κ2) is 11.3. The maximum atomic E-state index is 13.2. The van der Waals surface area contributed by atoms with Crippen LogP contribution in [0.1, 0.15) is 31.4 Å². The van der Waals surface area contributed by atoms with Gasteiger partial charge >= 0.3 is 0 Å². The average Bonchev–Trinajstić information content (AvgIpc) is 3.49. The number of carbonyl (C=O) groups is 1. The van der Waals surface area contributed by atoms with Gasteiger partial charge in [0, 0.05) is 23.4 Å². The van der Waals surface area contributed by atoms with E-state index in [2.05, 4.69) is 0 Å². The molecule has 1 fully saturated rings. The van der Waals surface area contributed by atoms with Crippen molar-refractivity contribution in [1.82, 2.24) is 14.7 Å². The van der Waals surface area contributed by atoms with Gasteiger partial charge in [0.1, 0.15) is 22.5 Å². The van der Waals surface area contributed by atoms with Crippen molar-refractivity contribution < 1.29 is 13.9 Å². The predicted molar refractivity (Wildman–Crippen MR) is 154 cm³/mol. The fraction of sp³-hybridized carbons (Fsp3) is 0.167. The van der Waals surface area contributed by atoms with Gasteiger partial charge < -0.3 is 4.74 Å². The molecule has 5 rings (SSSR count). The summed E-state index contributed by atoms with van der Waals surface area (Å²) in [6, 6.07) is 23.8. The first kappa shape index (κ1) is 25.9. The molecule has 3 aromatic carbocycles. The molecule has 192 valence electrons. The molecule has 2 heterocycles. The quantitative estimate of drug-likeness (QED) is 0.173. The van der Waals surface area contributed by atoms with E-state index in [-0.39, 0.29) is 17.8 Å². The Morgan fingerprint density at radius 2 is 1.76 bits per heavy atom. The van der Waals surface area contributed by atoms with Crippen molar-refractivity contribution in [1.29, 1.82) is 0 Å². The van der Waals surface area contributed by atoms with Crippen LogP contribution in [0.3, 0.4) is 0 Å².